The van der Waals surface area contributed by atoms with Gasteiger partial charge in [-0.3, -0.25) is 4.79 Å². The lowest BCUT2D eigenvalue weighted by Crippen LogP contribution is -2.36. The molecule has 1 saturated heterocycles. The Morgan fingerprint density at radius 1 is 1.30 bits per heavy atom. The molecule has 1 aliphatic heterocycles. The monoisotopic (exact) mass is 277 g/mol. The Balaban J connectivity index is 1.89. The summed E-state index contributed by atoms with van der Waals surface area (Å²) >= 11 is 0. The lowest BCUT2D eigenvalue weighted by molar-refractivity contribution is -0.137. The van der Waals surface area contributed by atoms with Crippen molar-refractivity contribution in [2.24, 2.45) is 0 Å². The minimum atomic E-state index is -0.807. The second kappa shape index (κ2) is 4.98. The SMILES string of the molecule is O=C(O)CC1(c2cc(N3CCOCC3)ccc2O)CC1. The van der Waals surface area contributed by atoms with Gasteiger partial charge in [0.25, 0.3) is 0 Å². The number of carboxylic acid groups (broad SMARTS) is 1. The maximum absolute atomic E-state index is 11.0. The van der Waals surface area contributed by atoms with Crippen LogP contribution in [0.5, 0.6) is 5.75 Å². The lowest BCUT2D eigenvalue weighted by atomic mass is 9.91. The lowest BCUT2D eigenvalue weighted by Gasteiger charge is -2.30. The summed E-state index contributed by atoms with van der Waals surface area (Å²) in [5.41, 5.74) is 1.46. The van der Waals surface area contributed by atoms with Gasteiger partial charge in [-0.1, -0.05) is 0 Å². The summed E-state index contributed by atoms with van der Waals surface area (Å²) < 4.78 is 5.34. The van der Waals surface area contributed by atoms with E-state index in [-0.39, 0.29) is 17.6 Å². The number of nitrogens with zero attached hydrogens (tertiary/aromatic N) is 1. The van der Waals surface area contributed by atoms with Crippen LogP contribution in [0.2, 0.25) is 0 Å². The van der Waals surface area contributed by atoms with Crippen LogP contribution in [-0.4, -0.2) is 42.5 Å². The Labute approximate surface area is 117 Å². The van der Waals surface area contributed by atoms with Gasteiger partial charge < -0.3 is 19.8 Å². The third-order valence-corrected chi connectivity index (χ3v) is 4.27. The highest BCUT2D eigenvalue weighted by molar-refractivity contribution is 5.71. The number of rotatable bonds is 4. The summed E-state index contributed by atoms with van der Waals surface area (Å²) in [4.78, 5) is 13.2. The zero-order valence-electron chi connectivity index (χ0n) is 11.3. The van der Waals surface area contributed by atoms with Gasteiger partial charge >= 0.3 is 5.97 Å². The molecule has 1 aromatic rings. The molecular formula is C15H19NO4. The molecule has 3 rings (SSSR count). The van der Waals surface area contributed by atoms with Crippen molar-refractivity contribution in [2.75, 3.05) is 31.2 Å². The van der Waals surface area contributed by atoms with Gasteiger partial charge in [0.1, 0.15) is 5.75 Å². The number of benzene rings is 1. The number of anilines is 1. The number of aliphatic carboxylic acids is 1. The number of phenolic OH excluding ortho intramolecular Hbond substituents is 1. The van der Waals surface area contributed by atoms with E-state index in [4.69, 9.17) is 9.84 Å². The number of hydrogen-bond donors (Lipinski definition) is 2. The molecule has 0 aromatic heterocycles. The molecule has 108 valence electrons. The maximum atomic E-state index is 11.0. The Morgan fingerprint density at radius 3 is 2.60 bits per heavy atom. The Morgan fingerprint density at radius 2 is 2.00 bits per heavy atom. The smallest absolute Gasteiger partial charge is 0.304 e. The van der Waals surface area contributed by atoms with Crippen LogP contribution in [0.15, 0.2) is 18.2 Å². The quantitative estimate of drug-likeness (QED) is 0.877. The van der Waals surface area contributed by atoms with Crippen molar-refractivity contribution in [3.63, 3.8) is 0 Å². The van der Waals surface area contributed by atoms with Crippen LogP contribution in [0.25, 0.3) is 0 Å². The number of morpholine rings is 1. The molecule has 1 saturated carbocycles. The van der Waals surface area contributed by atoms with E-state index in [0.29, 0.717) is 13.2 Å². The fourth-order valence-corrected chi connectivity index (χ4v) is 2.95. The first kappa shape index (κ1) is 13.2. The van der Waals surface area contributed by atoms with E-state index in [9.17, 15) is 9.90 Å². The number of ether oxygens (including phenoxy) is 1. The molecule has 20 heavy (non-hydrogen) atoms. The average Bonchev–Trinajstić information content (AvgIpc) is 3.20. The fourth-order valence-electron chi connectivity index (χ4n) is 2.95. The first-order chi connectivity index (χ1) is 9.61. The van der Waals surface area contributed by atoms with Crippen LogP contribution < -0.4 is 4.90 Å². The summed E-state index contributed by atoms with van der Waals surface area (Å²) in [5, 5.41) is 19.1. The minimum absolute atomic E-state index is 0.0904. The van der Waals surface area contributed by atoms with E-state index >= 15 is 0 Å². The predicted octanol–water partition coefficient (Wildman–Crippen LogP) is 1.74. The molecule has 0 amide bonds. The molecule has 0 atom stereocenters. The van der Waals surface area contributed by atoms with E-state index in [1.54, 1.807) is 6.07 Å². The van der Waals surface area contributed by atoms with Crippen molar-refractivity contribution in [3.05, 3.63) is 23.8 Å². The average molecular weight is 277 g/mol. The Kier molecular flexibility index (Phi) is 3.30. The predicted molar refractivity (Wildman–Crippen MR) is 74.3 cm³/mol. The van der Waals surface area contributed by atoms with E-state index in [1.165, 1.54) is 0 Å². The number of carbonyl (C=O) groups is 1. The molecule has 0 bridgehead atoms. The zero-order chi connectivity index (χ0) is 14.2. The molecule has 2 fully saturated rings. The number of carboxylic acids is 1. The van der Waals surface area contributed by atoms with Gasteiger partial charge in [-0.15, -0.1) is 0 Å². The fraction of sp³-hybridized carbons (Fsp3) is 0.533. The minimum Gasteiger partial charge on any atom is -0.508 e. The third kappa shape index (κ3) is 2.45. The van der Waals surface area contributed by atoms with E-state index in [2.05, 4.69) is 4.90 Å². The van der Waals surface area contributed by atoms with Crippen molar-refractivity contribution in [2.45, 2.75) is 24.7 Å². The third-order valence-electron chi connectivity index (χ3n) is 4.27. The molecule has 1 heterocycles. The van der Waals surface area contributed by atoms with Gasteiger partial charge in [-0.05, 0) is 31.0 Å². The number of aromatic hydroxyl groups is 1. The zero-order valence-corrected chi connectivity index (χ0v) is 11.3. The molecule has 0 spiro atoms. The molecule has 5 heteroatoms. The summed E-state index contributed by atoms with van der Waals surface area (Å²) in [7, 11) is 0. The number of phenols is 1. The van der Waals surface area contributed by atoms with Crippen molar-refractivity contribution in [1.29, 1.82) is 0 Å². The van der Waals surface area contributed by atoms with Crippen LogP contribution in [0.3, 0.4) is 0 Å². The highest BCUT2D eigenvalue weighted by atomic mass is 16.5. The normalized spacial score (nSPS) is 20.7. The van der Waals surface area contributed by atoms with Gasteiger partial charge in [0.2, 0.25) is 0 Å². The molecule has 2 N–H and O–H groups in total. The molecule has 1 aliphatic carbocycles. The Hall–Kier alpha value is -1.75. The van der Waals surface area contributed by atoms with Crippen LogP contribution in [0.4, 0.5) is 5.69 Å². The van der Waals surface area contributed by atoms with Crippen LogP contribution in [0, 0.1) is 0 Å². The second-order valence-electron chi connectivity index (χ2n) is 5.65. The van der Waals surface area contributed by atoms with Gasteiger partial charge in [-0.2, -0.15) is 0 Å². The van der Waals surface area contributed by atoms with Crippen LogP contribution in [0.1, 0.15) is 24.8 Å². The van der Waals surface area contributed by atoms with Crippen molar-refractivity contribution in [1.82, 2.24) is 0 Å². The summed E-state index contributed by atoms with van der Waals surface area (Å²) in [5.74, 6) is -0.598. The van der Waals surface area contributed by atoms with E-state index in [1.807, 2.05) is 12.1 Å². The molecule has 0 radical (unpaired) electrons. The standard InChI is InChI=1S/C15H19NO4/c17-13-2-1-11(16-5-7-20-8-6-16)9-12(13)15(3-4-15)10-14(18)19/h1-2,9,17H,3-8,10H2,(H,18,19). The van der Waals surface area contributed by atoms with E-state index < -0.39 is 5.97 Å². The van der Waals surface area contributed by atoms with Crippen LogP contribution in [-0.2, 0) is 14.9 Å². The van der Waals surface area contributed by atoms with Gasteiger partial charge in [0.15, 0.2) is 0 Å². The first-order valence-corrected chi connectivity index (χ1v) is 6.99. The van der Waals surface area contributed by atoms with Gasteiger partial charge in [0, 0.05) is 29.8 Å². The second-order valence-corrected chi connectivity index (χ2v) is 5.65. The molecular weight excluding hydrogens is 258 g/mol. The molecule has 5 nitrogen and oxygen atoms in total. The first-order valence-electron chi connectivity index (χ1n) is 6.99. The summed E-state index contributed by atoms with van der Waals surface area (Å²) in [6.07, 6.45) is 1.76. The van der Waals surface area contributed by atoms with Gasteiger partial charge in [-0.25, -0.2) is 0 Å². The molecule has 2 aliphatic rings. The van der Waals surface area contributed by atoms with E-state index in [0.717, 1.165) is 37.2 Å². The molecule has 1 aromatic carbocycles. The molecule has 0 unspecified atom stereocenters. The summed E-state index contributed by atoms with van der Waals surface area (Å²) in [6, 6.07) is 5.53. The highest BCUT2D eigenvalue weighted by Crippen LogP contribution is 2.54. The van der Waals surface area contributed by atoms with Gasteiger partial charge in [0.05, 0.1) is 19.6 Å². The summed E-state index contributed by atoms with van der Waals surface area (Å²) in [6.45, 7) is 3.07. The van der Waals surface area contributed by atoms with Crippen molar-refractivity contribution in [3.8, 4) is 5.75 Å². The Bertz CT molecular complexity index is 519. The maximum Gasteiger partial charge on any atom is 0.304 e. The topological polar surface area (TPSA) is 70.0 Å². The van der Waals surface area contributed by atoms with Crippen LogP contribution >= 0.6 is 0 Å². The highest BCUT2D eigenvalue weighted by Gasteiger charge is 2.47. The number of hydrogen-bond acceptors (Lipinski definition) is 4. The van der Waals surface area contributed by atoms with Crippen molar-refractivity contribution < 1.29 is 19.7 Å². The largest absolute Gasteiger partial charge is 0.508 e. The van der Waals surface area contributed by atoms with Crippen molar-refractivity contribution >= 4 is 11.7 Å².